The Hall–Kier alpha value is -0.570. The lowest BCUT2D eigenvalue weighted by Gasteiger charge is -2.14. The molecule has 1 saturated carbocycles. The molecular weight excluding hydrogens is 166 g/mol. The molecule has 3 nitrogen and oxygen atoms in total. The SMILES string of the molecule is CON(C)C(=O)C1C(C)(C)C1(C)C. The fraction of sp³-hybridized carbons (Fsp3) is 0.900. The molecule has 0 aromatic heterocycles. The maximum absolute atomic E-state index is 11.8. The van der Waals surface area contributed by atoms with Crippen molar-refractivity contribution < 1.29 is 9.63 Å². The second-order valence-corrected chi connectivity index (χ2v) is 4.89. The summed E-state index contributed by atoms with van der Waals surface area (Å²) < 4.78 is 0. The minimum Gasteiger partial charge on any atom is -0.275 e. The smallest absolute Gasteiger partial charge is 0.250 e. The average molecular weight is 185 g/mol. The first-order chi connectivity index (χ1) is 5.76. The van der Waals surface area contributed by atoms with E-state index >= 15 is 0 Å². The molecule has 0 spiro atoms. The number of hydrogen-bond acceptors (Lipinski definition) is 2. The molecule has 0 aromatic rings. The second-order valence-electron chi connectivity index (χ2n) is 4.89. The van der Waals surface area contributed by atoms with Crippen LogP contribution in [-0.2, 0) is 9.63 Å². The van der Waals surface area contributed by atoms with E-state index in [0.717, 1.165) is 0 Å². The molecule has 0 atom stereocenters. The van der Waals surface area contributed by atoms with Crippen LogP contribution in [-0.4, -0.2) is 25.1 Å². The van der Waals surface area contributed by atoms with E-state index in [-0.39, 0.29) is 22.7 Å². The van der Waals surface area contributed by atoms with Crippen molar-refractivity contribution in [3.8, 4) is 0 Å². The molecule has 1 aliphatic rings. The molecule has 1 amide bonds. The number of rotatable bonds is 2. The van der Waals surface area contributed by atoms with Gasteiger partial charge in [-0.1, -0.05) is 27.7 Å². The van der Waals surface area contributed by atoms with Crippen molar-refractivity contribution in [1.82, 2.24) is 5.06 Å². The minimum absolute atomic E-state index is 0.0810. The standard InChI is InChI=1S/C10H19NO2/c1-9(2)7(10(9,3)4)8(12)11(5)13-6/h7H,1-6H3. The van der Waals surface area contributed by atoms with Gasteiger partial charge < -0.3 is 0 Å². The Morgan fingerprint density at radius 3 is 1.85 bits per heavy atom. The Morgan fingerprint density at radius 2 is 1.62 bits per heavy atom. The van der Waals surface area contributed by atoms with E-state index in [2.05, 4.69) is 27.7 Å². The Morgan fingerprint density at radius 1 is 1.23 bits per heavy atom. The highest BCUT2D eigenvalue weighted by atomic mass is 16.7. The van der Waals surface area contributed by atoms with Crippen LogP contribution in [0, 0.1) is 16.7 Å². The Labute approximate surface area is 80.0 Å². The first-order valence-corrected chi connectivity index (χ1v) is 4.58. The molecule has 0 N–H and O–H groups in total. The highest BCUT2D eigenvalue weighted by Crippen LogP contribution is 2.68. The van der Waals surface area contributed by atoms with Gasteiger partial charge in [0.15, 0.2) is 0 Å². The first kappa shape index (κ1) is 10.5. The van der Waals surface area contributed by atoms with Gasteiger partial charge in [0.2, 0.25) is 5.91 Å². The van der Waals surface area contributed by atoms with Gasteiger partial charge in [-0.05, 0) is 10.8 Å². The van der Waals surface area contributed by atoms with Crippen LogP contribution in [0.15, 0.2) is 0 Å². The fourth-order valence-electron chi connectivity index (χ4n) is 2.09. The van der Waals surface area contributed by atoms with Crippen molar-refractivity contribution in [2.45, 2.75) is 27.7 Å². The van der Waals surface area contributed by atoms with Crippen LogP contribution in [0.2, 0.25) is 0 Å². The summed E-state index contributed by atoms with van der Waals surface area (Å²) in [6.07, 6.45) is 0. The summed E-state index contributed by atoms with van der Waals surface area (Å²) in [5.41, 5.74) is 0.188. The molecule has 1 aliphatic carbocycles. The second kappa shape index (κ2) is 2.71. The molecule has 1 rings (SSSR count). The average Bonchev–Trinajstić information content (AvgIpc) is 2.41. The molecular formula is C10H19NO2. The number of hydroxylamine groups is 2. The molecule has 0 radical (unpaired) electrons. The summed E-state index contributed by atoms with van der Waals surface area (Å²) in [4.78, 5) is 16.7. The third-order valence-corrected chi connectivity index (χ3v) is 3.85. The lowest BCUT2D eigenvalue weighted by molar-refractivity contribution is -0.171. The van der Waals surface area contributed by atoms with Crippen molar-refractivity contribution in [3.63, 3.8) is 0 Å². The monoisotopic (exact) mass is 185 g/mol. The van der Waals surface area contributed by atoms with Crippen LogP contribution >= 0.6 is 0 Å². The van der Waals surface area contributed by atoms with Crippen LogP contribution in [0.5, 0.6) is 0 Å². The number of amides is 1. The van der Waals surface area contributed by atoms with E-state index in [4.69, 9.17) is 4.84 Å². The van der Waals surface area contributed by atoms with E-state index in [1.165, 1.54) is 12.2 Å². The van der Waals surface area contributed by atoms with Gasteiger partial charge in [0.1, 0.15) is 0 Å². The van der Waals surface area contributed by atoms with Gasteiger partial charge in [0.25, 0.3) is 0 Å². The summed E-state index contributed by atoms with van der Waals surface area (Å²) in [6, 6.07) is 0. The van der Waals surface area contributed by atoms with Crippen molar-refractivity contribution >= 4 is 5.91 Å². The fourth-order valence-corrected chi connectivity index (χ4v) is 2.09. The van der Waals surface area contributed by atoms with Gasteiger partial charge in [-0.3, -0.25) is 9.63 Å². The summed E-state index contributed by atoms with van der Waals surface area (Å²) in [6.45, 7) is 8.50. The molecule has 0 saturated heterocycles. The van der Waals surface area contributed by atoms with Crippen LogP contribution < -0.4 is 0 Å². The minimum atomic E-state index is 0.0810. The maximum atomic E-state index is 11.8. The molecule has 3 heteroatoms. The quantitative estimate of drug-likeness (QED) is 0.613. The van der Waals surface area contributed by atoms with Gasteiger partial charge in [-0.25, -0.2) is 5.06 Å². The molecule has 0 aromatic carbocycles. The molecule has 13 heavy (non-hydrogen) atoms. The van der Waals surface area contributed by atoms with Crippen molar-refractivity contribution in [3.05, 3.63) is 0 Å². The lowest BCUT2D eigenvalue weighted by atomic mass is 10.0. The summed E-state index contributed by atoms with van der Waals surface area (Å²) >= 11 is 0. The molecule has 0 heterocycles. The molecule has 0 aliphatic heterocycles. The maximum Gasteiger partial charge on any atom is 0.250 e. The molecule has 0 unspecified atom stereocenters. The van der Waals surface area contributed by atoms with Crippen molar-refractivity contribution in [2.24, 2.45) is 16.7 Å². The number of carbonyl (C=O) groups excluding carboxylic acids is 1. The molecule has 0 bridgehead atoms. The third kappa shape index (κ3) is 1.26. The zero-order chi connectivity index (χ0) is 10.4. The predicted octanol–water partition coefficient (Wildman–Crippen LogP) is 1.69. The highest BCUT2D eigenvalue weighted by Gasteiger charge is 2.68. The van der Waals surface area contributed by atoms with E-state index in [9.17, 15) is 4.79 Å². The highest BCUT2D eigenvalue weighted by molar-refractivity contribution is 5.83. The molecule has 1 fully saturated rings. The van der Waals surface area contributed by atoms with E-state index < -0.39 is 0 Å². The van der Waals surface area contributed by atoms with Crippen LogP contribution in [0.4, 0.5) is 0 Å². The normalized spacial score (nSPS) is 24.2. The number of carbonyl (C=O) groups is 1. The van der Waals surface area contributed by atoms with Gasteiger partial charge in [-0.2, -0.15) is 0 Å². The number of nitrogens with zero attached hydrogens (tertiary/aromatic N) is 1. The van der Waals surface area contributed by atoms with Crippen molar-refractivity contribution in [1.29, 1.82) is 0 Å². The van der Waals surface area contributed by atoms with E-state index in [1.807, 2.05) is 0 Å². The molecule has 76 valence electrons. The third-order valence-electron chi connectivity index (χ3n) is 3.85. The predicted molar refractivity (Wildman–Crippen MR) is 50.8 cm³/mol. The summed E-state index contributed by atoms with van der Waals surface area (Å²) in [5.74, 6) is 0.169. The summed E-state index contributed by atoms with van der Waals surface area (Å²) in [7, 11) is 3.17. The van der Waals surface area contributed by atoms with Crippen LogP contribution in [0.3, 0.4) is 0 Å². The number of hydrogen-bond donors (Lipinski definition) is 0. The van der Waals surface area contributed by atoms with E-state index in [0.29, 0.717) is 0 Å². The van der Waals surface area contributed by atoms with Crippen LogP contribution in [0.25, 0.3) is 0 Å². The topological polar surface area (TPSA) is 29.5 Å². The first-order valence-electron chi connectivity index (χ1n) is 4.58. The largest absolute Gasteiger partial charge is 0.275 e. The zero-order valence-electron chi connectivity index (χ0n) is 9.34. The van der Waals surface area contributed by atoms with Crippen molar-refractivity contribution in [2.75, 3.05) is 14.2 Å². The van der Waals surface area contributed by atoms with Gasteiger partial charge in [-0.15, -0.1) is 0 Å². The Balaban J connectivity index is 2.73. The lowest BCUT2D eigenvalue weighted by Crippen LogP contribution is -2.29. The van der Waals surface area contributed by atoms with Gasteiger partial charge in [0.05, 0.1) is 13.0 Å². The van der Waals surface area contributed by atoms with Gasteiger partial charge >= 0.3 is 0 Å². The zero-order valence-corrected chi connectivity index (χ0v) is 9.34. The van der Waals surface area contributed by atoms with E-state index in [1.54, 1.807) is 7.05 Å². The Kier molecular flexibility index (Phi) is 2.19. The summed E-state index contributed by atoms with van der Waals surface area (Å²) in [5, 5.41) is 1.32. The van der Waals surface area contributed by atoms with Gasteiger partial charge in [0, 0.05) is 7.05 Å². The van der Waals surface area contributed by atoms with Crippen LogP contribution in [0.1, 0.15) is 27.7 Å². The Bertz CT molecular complexity index is 219.